The molecular formula is C14H18ClN3O3S. The molecule has 3 rings (SSSR count). The Labute approximate surface area is 134 Å². The number of fused-ring (bicyclic) bond motifs is 1. The standard InChI is InChI=1S/C14H18ClN3O3S/c1-9(19)11-4-2-3-7-18(11)22(20,21)12-8-17-14-13(12)10(15)5-6-16-14/h5-6,8-9,11,19H,2-4,7H2,1H3,(H,16,17). The lowest BCUT2D eigenvalue weighted by atomic mass is 10.0. The average Bonchev–Trinajstić information content (AvgIpc) is 2.93. The Morgan fingerprint density at radius 3 is 3.00 bits per heavy atom. The van der Waals surface area contributed by atoms with Crippen LogP contribution in [-0.2, 0) is 10.0 Å². The van der Waals surface area contributed by atoms with Gasteiger partial charge in [0.15, 0.2) is 0 Å². The van der Waals surface area contributed by atoms with Gasteiger partial charge < -0.3 is 10.1 Å². The Kier molecular flexibility index (Phi) is 4.15. The van der Waals surface area contributed by atoms with Gasteiger partial charge in [0.2, 0.25) is 10.0 Å². The third kappa shape index (κ3) is 2.52. The first-order chi connectivity index (χ1) is 10.4. The number of H-pyrrole nitrogens is 1. The Hall–Kier alpha value is -1.15. The number of aromatic amines is 1. The maximum Gasteiger partial charge on any atom is 0.245 e. The van der Waals surface area contributed by atoms with Crippen molar-refractivity contribution in [3.63, 3.8) is 0 Å². The molecule has 0 spiro atoms. The van der Waals surface area contributed by atoms with Gasteiger partial charge in [0.25, 0.3) is 0 Å². The Balaban J connectivity index is 2.11. The fourth-order valence-corrected chi connectivity index (χ4v) is 5.27. The second kappa shape index (κ2) is 5.81. The van der Waals surface area contributed by atoms with Crippen LogP contribution in [-0.4, -0.2) is 46.5 Å². The van der Waals surface area contributed by atoms with Crippen LogP contribution < -0.4 is 0 Å². The summed E-state index contributed by atoms with van der Waals surface area (Å²) in [5.74, 6) is 0. The van der Waals surface area contributed by atoms with Crippen LogP contribution in [0, 0.1) is 0 Å². The number of aliphatic hydroxyl groups excluding tert-OH is 1. The van der Waals surface area contributed by atoms with Gasteiger partial charge in [-0.3, -0.25) is 0 Å². The summed E-state index contributed by atoms with van der Waals surface area (Å²) in [6, 6.07) is 1.16. The number of piperidine rings is 1. The van der Waals surface area contributed by atoms with Crippen molar-refractivity contribution in [3.8, 4) is 0 Å². The molecule has 3 heterocycles. The number of rotatable bonds is 3. The number of halogens is 1. The summed E-state index contributed by atoms with van der Waals surface area (Å²) in [6.07, 6.45) is 4.59. The Morgan fingerprint density at radius 2 is 2.27 bits per heavy atom. The maximum atomic E-state index is 13.0. The van der Waals surface area contributed by atoms with Crippen molar-refractivity contribution in [2.24, 2.45) is 0 Å². The summed E-state index contributed by atoms with van der Waals surface area (Å²) < 4.78 is 27.5. The minimum Gasteiger partial charge on any atom is -0.392 e. The minimum atomic E-state index is -3.74. The molecule has 0 aliphatic carbocycles. The fourth-order valence-electron chi connectivity index (χ4n) is 3.03. The number of nitrogens with one attached hydrogen (secondary N) is 1. The van der Waals surface area contributed by atoms with Crippen LogP contribution in [0.2, 0.25) is 5.02 Å². The van der Waals surface area contributed by atoms with E-state index in [-0.39, 0.29) is 4.90 Å². The minimum absolute atomic E-state index is 0.119. The molecule has 2 aromatic rings. The molecule has 2 N–H and O–H groups in total. The van der Waals surface area contributed by atoms with Gasteiger partial charge in [-0.1, -0.05) is 18.0 Å². The van der Waals surface area contributed by atoms with Crippen molar-refractivity contribution in [2.75, 3.05) is 6.54 Å². The second-order valence-corrected chi connectivity index (χ2v) is 7.85. The summed E-state index contributed by atoms with van der Waals surface area (Å²) in [5, 5.41) is 10.7. The molecule has 2 atom stereocenters. The molecule has 0 amide bonds. The molecule has 0 bridgehead atoms. The highest BCUT2D eigenvalue weighted by Crippen LogP contribution is 2.33. The first kappa shape index (κ1) is 15.7. The van der Waals surface area contributed by atoms with Crippen LogP contribution in [0.15, 0.2) is 23.4 Å². The predicted molar refractivity (Wildman–Crippen MR) is 84.3 cm³/mol. The SMILES string of the molecule is CC(O)C1CCCCN1S(=O)(=O)c1c[nH]c2nccc(Cl)c12. The van der Waals surface area contributed by atoms with E-state index in [1.54, 1.807) is 13.0 Å². The van der Waals surface area contributed by atoms with Crippen molar-refractivity contribution in [1.82, 2.24) is 14.3 Å². The Bertz CT molecular complexity index is 788. The zero-order valence-electron chi connectivity index (χ0n) is 12.2. The highest BCUT2D eigenvalue weighted by molar-refractivity contribution is 7.89. The highest BCUT2D eigenvalue weighted by Gasteiger charge is 2.37. The number of aliphatic hydroxyl groups is 1. The van der Waals surface area contributed by atoms with E-state index in [0.717, 1.165) is 12.8 Å². The van der Waals surface area contributed by atoms with Gasteiger partial charge in [-0.15, -0.1) is 0 Å². The van der Waals surface area contributed by atoms with E-state index < -0.39 is 22.2 Å². The molecule has 0 radical (unpaired) electrons. The van der Waals surface area contributed by atoms with Crippen molar-refractivity contribution < 1.29 is 13.5 Å². The van der Waals surface area contributed by atoms with E-state index in [1.165, 1.54) is 16.7 Å². The lowest BCUT2D eigenvalue weighted by Gasteiger charge is -2.36. The molecule has 120 valence electrons. The molecule has 1 aliphatic heterocycles. The summed E-state index contributed by atoms with van der Waals surface area (Å²) in [7, 11) is -3.74. The lowest BCUT2D eigenvalue weighted by Crippen LogP contribution is -2.48. The molecule has 2 unspecified atom stereocenters. The molecule has 22 heavy (non-hydrogen) atoms. The van der Waals surface area contributed by atoms with Crippen LogP contribution in [0.25, 0.3) is 11.0 Å². The van der Waals surface area contributed by atoms with Crippen LogP contribution in [0.3, 0.4) is 0 Å². The number of nitrogens with zero attached hydrogens (tertiary/aromatic N) is 2. The van der Waals surface area contributed by atoms with Gasteiger partial charge in [0, 0.05) is 18.9 Å². The van der Waals surface area contributed by atoms with Gasteiger partial charge in [0.05, 0.1) is 22.6 Å². The average molecular weight is 344 g/mol. The van der Waals surface area contributed by atoms with Gasteiger partial charge >= 0.3 is 0 Å². The zero-order valence-corrected chi connectivity index (χ0v) is 13.7. The molecule has 2 aromatic heterocycles. The molecule has 1 fully saturated rings. The normalized spacial score (nSPS) is 22.0. The van der Waals surface area contributed by atoms with Crippen molar-refractivity contribution in [2.45, 2.75) is 43.2 Å². The topological polar surface area (TPSA) is 86.3 Å². The number of pyridine rings is 1. The molecular weight excluding hydrogens is 326 g/mol. The van der Waals surface area contributed by atoms with Gasteiger partial charge in [-0.05, 0) is 25.8 Å². The van der Waals surface area contributed by atoms with E-state index in [9.17, 15) is 13.5 Å². The lowest BCUT2D eigenvalue weighted by molar-refractivity contribution is 0.0831. The highest BCUT2D eigenvalue weighted by atomic mass is 35.5. The van der Waals surface area contributed by atoms with Gasteiger partial charge in [-0.2, -0.15) is 4.31 Å². The van der Waals surface area contributed by atoms with Gasteiger partial charge in [-0.25, -0.2) is 13.4 Å². The molecule has 6 nitrogen and oxygen atoms in total. The van der Waals surface area contributed by atoms with Crippen LogP contribution >= 0.6 is 11.6 Å². The quantitative estimate of drug-likeness (QED) is 0.894. The van der Waals surface area contributed by atoms with Crippen LogP contribution in [0.4, 0.5) is 0 Å². The van der Waals surface area contributed by atoms with Crippen molar-refractivity contribution in [1.29, 1.82) is 0 Å². The smallest absolute Gasteiger partial charge is 0.245 e. The van der Waals surface area contributed by atoms with E-state index in [4.69, 9.17) is 11.6 Å². The zero-order chi connectivity index (χ0) is 15.9. The number of sulfonamides is 1. The Morgan fingerprint density at radius 1 is 1.50 bits per heavy atom. The predicted octanol–water partition coefficient (Wildman–Crippen LogP) is 2.14. The van der Waals surface area contributed by atoms with Gasteiger partial charge in [0.1, 0.15) is 10.5 Å². The molecule has 1 saturated heterocycles. The second-order valence-electron chi connectivity index (χ2n) is 5.59. The van der Waals surface area contributed by atoms with E-state index in [2.05, 4.69) is 9.97 Å². The van der Waals surface area contributed by atoms with E-state index in [1.807, 2.05) is 0 Å². The first-order valence-electron chi connectivity index (χ1n) is 7.24. The van der Waals surface area contributed by atoms with E-state index >= 15 is 0 Å². The number of aromatic nitrogens is 2. The third-order valence-corrected chi connectivity index (χ3v) is 6.39. The molecule has 0 aromatic carbocycles. The van der Waals surface area contributed by atoms with Crippen molar-refractivity contribution >= 4 is 32.7 Å². The monoisotopic (exact) mass is 343 g/mol. The van der Waals surface area contributed by atoms with Crippen molar-refractivity contribution in [3.05, 3.63) is 23.5 Å². The number of hydrogen-bond donors (Lipinski definition) is 2. The summed E-state index contributed by atoms with van der Waals surface area (Å²) in [6.45, 7) is 2.03. The first-order valence-corrected chi connectivity index (χ1v) is 9.06. The molecule has 8 heteroatoms. The fraction of sp³-hybridized carbons (Fsp3) is 0.500. The third-order valence-electron chi connectivity index (χ3n) is 4.13. The molecule has 1 aliphatic rings. The largest absolute Gasteiger partial charge is 0.392 e. The van der Waals surface area contributed by atoms with Crippen LogP contribution in [0.5, 0.6) is 0 Å². The van der Waals surface area contributed by atoms with E-state index in [0.29, 0.717) is 29.0 Å². The number of hydrogen-bond acceptors (Lipinski definition) is 4. The van der Waals surface area contributed by atoms with Crippen LogP contribution in [0.1, 0.15) is 26.2 Å². The summed E-state index contributed by atoms with van der Waals surface area (Å²) >= 11 is 6.16. The molecule has 0 saturated carbocycles. The maximum absolute atomic E-state index is 13.0. The summed E-state index contributed by atoms with van der Waals surface area (Å²) in [4.78, 5) is 7.08. The summed E-state index contributed by atoms with van der Waals surface area (Å²) in [5.41, 5.74) is 0.441.